The van der Waals surface area contributed by atoms with E-state index >= 15 is 0 Å². The van der Waals surface area contributed by atoms with E-state index in [0.717, 1.165) is 11.1 Å². The lowest BCUT2D eigenvalue weighted by molar-refractivity contribution is -0.115. The second-order valence-corrected chi connectivity index (χ2v) is 7.49. The Morgan fingerprint density at radius 2 is 1.90 bits per heavy atom. The molecule has 31 heavy (non-hydrogen) atoms. The van der Waals surface area contributed by atoms with Gasteiger partial charge >= 0.3 is 0 Å². The van der Waals surface area contributed by atoms with Crippen molar-refractivity contribution in [2.24, 2.45) is 0 Å². The van der Waals surface area contributed by atoms with Crippen molar-refractivity contribution in [3.63, 3.8) is 0 Å². The molecule has 6 nitrogen and oxygen atoms in total. The lowest BCUT2D eigenvalue weighted by atomic mass is 10.0. The first-order valence-electron chi connectivity index (χ1n) is 9.34. The molecule has 8 heteroatoms. The SMILES string of the molecule is COc1ccccc1CC(=O)Nc1onc(-c2ccc(F)c(Br)c2)c1-c1ccncc1. The number of rotatable bonds is 6. The third-order valence-corrected chi connectivity index (χ3v) is 5.26. The summed E-state index contributed by atoms with van der Waals surface area (Å²) in [5, 5.41) is 6.94. The fourth-order valence-electron chi connectivity index (χ4n) is 3.20. The molecule has 0 aliphatic carbocycles. The summed E-state index contributed by atoms with van der Waals surface area (Å²) in [6, 6.07) is 15.4. The van der Waals surface area contributed by atoms with Crippen molar-refractivity contribution in [3.05, 3.63) is 82.8 Å². The minimum absolute atomic E-state index is 0.0952. The molecule has 2 heterocycles. The summed E-state index contributed by atoms with van der Waals surface area (Å²) >= 11 is 3.20. The van der Waals surface area contributed by atoms with E-state index in [1.807, 2.05) is 18.2 Å². The van der Waals surface area contributed by atoms with Crippen LogP contribution in [0.2, 0.25) is 0 Å². The van der Waals surface area contributed by atoms with Crippen LogP contribution in [0.15, 0.2) is 76.0 Å². The van der Waals surface area contributed by atoms with Gasteiger partial charge in [-0.05, 0) is 57.9 Å². The first-order chi connectivity index (χ1) is 15.1. The minimum atomic E-state index is -0.386. The number of pyridine rings is 1. The topological polar surface area (TPSA) is 77.2 Å². The van der Waals surface area contributed by atoms with Crippen molar-refractivity contribution < 1.29 is 18.4 Å². The number of nitrogens with one attached hydrogen (secondary N) is 1. The normalized spacial score (nSPS) is 10.7. The van der Waals surface area contributed by atoms with Crippen molar-refractivity contribution >= 4 is 27.7 Å². The monoisotopic (exact) mass is 481 g/mol. The second kappa shape index (κ2) is 9.09. The molecule has 0 radical (unpaired) electrons. The molecule has 2 aromatic heterocycles. The fourth-order valence-corrected chi connectivity index (χ4v) is 3.57. The molecule has 4 rings (SSSR count). The molecule has 156 valence electrons. The quantitative estimate of drug-likeness (QED) is 0.393. The average Bonchev–Trinajstić information content (AvgIpc) is 3.20. The van der Waals surface area contributed by atoms with Gasteiger partial charge in [-0.25, -0.2) is 4.39 Å². The molecule has 0 aliphatic heterocycles. The van der Waals surface area contributed by atoms with Gasteiger partial charge in [-0.15, -0.1) is 0 Å². The molecule has 0 unspecified atom stereocenters. The van der Waals surface area contributed by atoms with Crippen molar-refractivity contribution in [2.75, 3.05) is 12.4 Å². The number of carbonyl (C=O) groups excluding carboxylic acids is 1. The highest BCUT2D eigenvalue weighted by molar-refractivity contribution is 9.10. The van der Waals surface area contributed by atoms with E-state index in [1.165, 1.54) is 6.07 Å². The Morgan fingerprint density at radius 3 is 2.65 bits per heavy atom. The van der Waals surface area contributed by atoms with E-state index in [0.29, 0.717) is 27.0 Å². The highest BCUT2D eigenvalue weighted by Gasteiger charge is 2.22. The Hall–Kier alpha value is -3.52. The summed E-state index contributed by atoms with van der Waals surface area (Å²) in [6.45, 7) is 0. The second-order valence-electron chi connectivity index (χ2n) is 6.64. The first kappa shape index (κ1) is 20.7. The Labute approximate surface area is 186 Å². The van der Waals surface area contributed by atoms with Crippen molar-refractivity contribution in [1.82, 2.24) is 10.1 Å². The lowest BCUT2D eigenvalue weighted by Gasteiger charge is -2.09. The van der Waals surface area contributed by atoms with Gasteiger partial charge in [-0.3, -0.25) is 15.1 Å². The minimum Gasteiger partial charge on any atom is -0.496 e. The zero-order valence-corrected chi connectivity index (χ0v) is 18.0. The maximum absolute atomic E-state index is 13.7. The molecule has 0 atom stereocenters. The maximum atomic E-state index is 13.7. The van der Waals surface area contributed by atoms with Gasteiger partial charge in [0, 0.05) is 23.5 Å². The number of hydrogen-bond donors (Lipinski definition) is 1. The molecule has 1 amide bonds. The average molecular weight is 482 g/mol. The van der Waals surface area contributed by atoms with Gasteiger partial charge in [-0.1, -0.05) is 23.4 Å². The summed E-state index contributed by atoms with van der Waals surface area (Å²) < 4.78 is 24.8. The summed E-state index contributed by atoms with van der Waals surface area (Å²) in [7, 11) is 1.56. The zero-order valence-electron chi connectivity index (χ0n) is 16.4. The molecule has 0 aliphatic rings. The Kier molecular flexibility index (Phi) is 6.08. The first-order valence-corrected chi connectivity index (χ1v) is 10.1. The molecular weight excluding hydrogens is 465 g/mol. The van der Waals surface area contributed by atoms with Crippen molar-refractivity contribution in [3.8, 4) is 28.1 Å². The number of methoxy groups -OCH3 is 1. The van der Waals surface area contributed by atoms with Gasteiger partial charge in [0.1, 0.15) is 17.3 Å². The van der Waals surface area contributed by atoms with E-state index in [-0.39, 0.29) is 24.0 Å². The van der Waals surface area contributed by atoms with Crippen LogP contribution < -0.4 is 10.1 Å². The van der Waals surface area contributed by atoms with Gasteiger partial charge in [0.15, 0.2) is 0 Å². The maximum Gasteiger partial charge on any atom is 0.239 e. The van der Waals surface area contributed by atoms with Crippen LogP contribution in [0.4, 0.5) is 10.3 Å². The number of ether oxygens (including phenoxy) is 1. The van der Waals surface area contributed by atoms with Crippen LogP contribution in [0.1, 0.15) is 5.56 Å². The van der Waals surface area contributed by atoms with Crippen LogP contribution in [0, 0.1) is 5.82 Å². The standard InChI is InChI=1S/C23H17BrFN3O3/c1-30-19-5-3-2-4-15(19)13-20(29)27-23-21(14-8-10-26-11-9-14)22(28-31-23)16-6-7-18(25)17(24)12-16/h2-12H,13H2,1H3,(H,27,29). The van der Waals surface area contributed by atoms with E-state index in [4.69, 9.17) is 9.26 Å². The number of hydrogen-bond acceptors (Lipinski definition) is 5. The zero-order chi connectivity index (χ0) is 21.8. The molecule has 0 saturated heterocycles. The van der Waals surface area contributed by atoms with E-state index < -0.39 is 0 Å². The number of halogens is 2. The van der Waals surface area contributed by atoms with Crippen LogP contribution >= 0.6 is 15.9 Å². The molecular formula is C23H17BrFN3O3. The number of carbonyl (C=O) groups is 1. The predicted octanol–water partition coefficient (Wildman–Crippen LogP) is 5.50. The number of amides is 1. The highest BCUT2D eigenvalue weighted by Crippen LogP contribution is 2.38. The summed E-state index contributed by atoms with van der Waals surface area (Å²) in [6.07, 6.45) is 3.36. The predicted molar refractivity (Wildman–Crippen MR) is 118 cm³/mol. The van der Waals surface area contributed by atoms with Gasteiger partial charge in [-0.2, -0.15) is 0 Å². The van der Waals surface area contributed by atoms with Gasteiger partial charge in [0.05, 0.1) is 23.6 Å². The van der Waals surface area contributed by atoms with Gasteiger partial charge in [0.2, 0.25) is 11.8 Å². The number of para-hydroxylation sites is 1. The summed E-state index contributed by atoms with van der Waals surface area (Å²) in [4.78, 5) is 16.8. The largest absolute Gasteiger partial charge is 0.496 e. The van der Waals surface area contributed by atoms with Gasteiger partial charge < -0.3 is 9.26 Å². The third kappa shape index (κ3) is 4.49. The molecule has 0 fully saturated rings. The Bertz CT molecular complexity index is 1230. The summed E-state index contributed by atoms with van der Waals surface area (Å²) in [5.74, 6) is 0.147. The van der Waals surface area contributed by atoms with E-state index in [9.17, 15) is 9.18 Å². The molecule has 1 N–H and O–H groups in total. The van der Waals surface area contributed by atoms with Crippen LogP contribution in [-0.4, -0.2) is 23.2 Å². The molecule has 2 aromatic carbocycles. The Balaban J connectivity index is 1.70. The molecule has 0 spiro atoms. The van der Waals surface area contributed by atoms with Crippen LogP contribution in [0.25, 0.3) is 22.4 Å². The number of benzene rings is 2. The smallest absolute Gasteiger partial charge is 0.239 e. The number of nitrogens with zero attached hydrogens (tertiary/aromatic N) is 2. The molecule has 4 aromatic rings. The number of aromatic nitrogens is 2. The lowest BCUT2D eigenvalue weighted by Crippen LogP contribution is -2.15. The Morgan fingerprint density at radius 1 is 1.13 bits per heavy atom. The van der Waals surface area contributed by atoms with Crippen LogP contribution in [0.5, 0.6) is 5.75 Å². The van der Waals surface area contributed by atoms with Gasteiger partial charge in [0.25, 0.3) is 0 Å². The summed E-state index contributed by atoms with van der Waals surface area (Å²) in [5.41, 5.74) is 3.18. The van der Waals surface area contributed by atoms with E-state index in [1.54, 1.807) is 49.8 Å². The van der Waals surface area contributed by atoms with Crippen molar-refractivity contribution in [1.29, 1.82) is 0 Å². The fraction of sp³-hybridized carbons (Fsp3) is 0.0870. The molecule has 0 saturated carbocycles. The van der Waals surface area contributed by atoms with Crippen LogP contribution in [-0.2, 0) is 11.2 Å². The number of anilines is 1. The van der Waals surface area contributed by atoms with Crippen molar-refractivity contribution in [2.45, 2.75) is 6.42 Å². The van der Waals surface area contributed by atoms with E-state index in [2.05, 4.69) is 31.4 Å². The third-order valence-electron chi connectivity index (χ3n) is 4.65. The van der Waals surface area contributed by atoms with Crippen LogP contribution in [0.3, 0.4) is 0 Å². The molecule has 0 bridgehead atoms. The highest BCUT2D eigenvalue weighted by atomic mass is 79.9.